The van der Waals surface area contributed by atoms with Gasteiger partial charge in [0.2, 0.25) is 0 Å². The normalized spacial score (nSPS) is 14.3. The van der Waals surface area contributed by atoms with Crippen LogP contribution >= 0.6 is 0 Å². The summed E-state index contributed by atoms with van der Waals surface area (Å²) >= 11 is 0. The van der Waals surface area contributed by atoms with Crippen LogP contribution in [0.15, 0.2) is 48.5 Å². The lowest BCUT2D eigenvalue weighted by Gasteiger charge is -2.18. The third-order valence-electron chi connectivity index (χ3n) is 4.36. The van der Waals surface area contributed by atoms with E-state index < -0.39 is 12.0 Å². The smallest absolute Gasteiger partial charge is 0.337 e. The van der Waals surface area contributed by atoms with Crippen LogP contribution in [0, 0.1) is 0 Å². The van der Waals surface area contributed by atoms with E-state index in [4.69, 9.17) is 4.74 Å². The largest absolute Gasteiger partial charge is 0.465 e. The summed E-state index contributed by atoms with van der Waals surface area (Å²) in [4.78, 5) is 39.4. The first-order valence-corrected chi connectivity index (χ1v) is 8.35. The zero-order valence-corrected chi connectivity index (χ0v) is 14.9. The van der Waals surface area contributed by atoms with Gasteiger partial charge in [0, 0.05) is 5.69 Å². The predicted octanol–water partition coefficient (Wildman–Crippen LogP) is 3.57. The zero-order chi connectivity index (χ0) is 18.8. The highest BCUT2D eigenvalue weighted by Gasteiger charge is 2.38. The molecule has 1 aliphatic rings. The van der Waals surface area contributed by atoms with Crippen LogP contribution in [0.4, 0.5) is 16.2 Å². The molecule has 1 fully saturated rings. The Bertz CT molecular complexity index is 858. The molecule has 0 radical (unpaired) electrons. The minimum Gasteiger partial charge on any atom is -0.465 e. The minimum absolute atomic E-state index is 0.0740. The van der Waals surface area contributed by atoms with Crippen molar-refractivity contribution in [1.82, 2.24) is 0 Å². The lowest BCUT2D eigenvalue weighted by Crippen LogP contribution is -2.33. The zero-order valence-electron chi connectivity index (χ0n) is 14.9. The maximum atomic E-state index is 12.8. The van der Waals surface area contributed by atoms with Crippen molar-refractivity contribution < 1.29 is 19.1 Å². The van der Waals surface area contributed by atoms with E-state index in [1.54, 1.807) is 36.4 Å². The second kappa shape index (κ2) is 7.00. The van der Waals surface area contributed by atoms with E-state index in [-0.39, 0.29) is 12.5 Å². The number of esters is 1. The summed E-state index contributed by atoms with van der Waals surface area (Å²) in [5, 5.41) is 0. The van der Waals surface area contributed by atoms with Gasteiger partial charge in [-0.3, -0.25) is 9.69 Å². The average Bonchev–Trinajstić information content (AvgIpc) is 2.95. The maximum Gasteiger partial charge on any atom is 0.337 e. The fourth-order valence-corrected chi connectivity index (χ4v) is 2.88. The molecule has 134 valence electrons. The van der Waals surface area contributed by atoms with E-state index >= 15 is 0 Å². The number of amides is 3. The van der Waals surface area contributed by atoms with Crippen LogP contribution in [0.1, 0.15) is 35.7 Å². The SMILES string of the molecule is COC(=O)c1cccc(N2CC(=O)N(c3ccc(C(C)C)cc3)C2=O)c1. The molecule has 2 aromatic rings. The number of carbonyl (C=O) groups excluding carboxylic acids is 3. The van der Waals surface area contributed by atoms with Crippen molar-refractivity contribution in [2.24, 2.45) is 0 Å². The number of nitrogens with zero attached hydrogens (tertiary/aromatic N) is 2. The van der Waals surface area contributed by atoms with Gasteiger partial charge in [0.25, 0.3) is 5.91 Å². The van der Waals surface area contributed by atoms with Crippen LogP contribution in [-0.4, -0.2) is 31.6 Å². The molecule has 0 bridgehead atoms. The highest BCUT2D eigenvalue weighted by atomic mass is 16.5. The Morgan fingerprint density at radius 3 is 2.35 bits per heavy atom. The quantitative estimate of drug-likeness (QED) is 0.623. The Kier molecular flexibility index (Phi) is 4.75. The standard InChI is InChI=1S/C20H20N2O4/c1-13(2)14-7-9-16(10-8-14)22-18(23)12-21(20(22)25)17-6-4-5-15(11-17)19(24)26-3/h4-11,13H,12H2,1-3H3. The Morgan fingerprint density at radius 2 is 1.73 bits per heavy atom. The van der Waals surface area contributed by atoms with Crippen molar-refractivity contribution in [3.05, 3.63) is 59.7 Å². The van der Waals surface area contributed by atoms with Crippen LogP contribution in [0.2, 0.25) is 0 Å². The Balaban J connectivity index is 1.88. The number of methoxy groups -OCH3 is 1. The highest BCUT2D eigenvalue weighted by Crippen LogP contribution is 2.28. The molecule has 0 aromatic heterocycles. The molecule has 1 heterocycles. The molecular weight excluding hydrogens is 332 g/mol. The first-order chi connectivity index (χ1) is 12.4. The molecule has 0 N–H and O–H groups in total. The number of urea groups is 1. The fourth-order valence-electron chi connectivity index (χ4n) is 2.88. The number of benzene rings is 2. The van der Waals surface area contributed by atoms with Crippen LogP contribution in [0.25, 0.3) is 0 Å². The third-order valence-corrected chi connectivity index (χ3v) is 4.36. The van der Waals surface area contributed by atoms with Gasteiger partial charge in [-0.1, -0.05) is 32.0 Å². The van der Waals surface area contributed by atoms with E-state index in [0.29, 0.717) is 22.9 Å². The number of hydrogen-bond acceptors (Lipinski definition) is 4. The van der Waals surface area contributed by atoms with Crippen molar-refractivity contribution in [3.63, 3.8) is 0 Å². The lowest BCUT2D eigenvalue weighted by molar-refractivity contribution is -0.115. The van der Waals surface area contributed by atoms with Gasteiger partial charge in [0.1, 0.15) is 6.54 Å². The number of hydrogen-bond donors (Lipinski definition) is 0. The summed E-state index contributed by atoms with van der Waals surface area (Å²) in [5.41, 5.74) is 2.48. The van der Waals surface area contributed by atoms with Crippen LogP contribution in [-0.2, 0) is 9.53 Å². The molecule has 6 nitrogen and oxygen atoms in total. The van der Waals surface area contributed by atoms with Gasteiger partial charge in [-0.25, -0.2) is 14.5 Å². The molecule has 6 heteroatoms. The van der Waals surface area contributed by atoms with E-state index in [1.807, 2.05) is 12.1 Å². The summed E-state index contributed by atoms with van der Waals surface area (Å²) in [5.74, 6) is -0.437. The Labute approximate surface area is 152 Å². The monoisotopic (exact) mass is 352 g/mol. The minimum atomic E-state index is -0.494. The topological polar surface area (TPSA) is 66.9 Å². The van der Waals surface area contributed by atoms with Gasteiger partial charge in [-0.05, 0) is 41.8 Å². The summed E-state index contributed by atoms with van der Waals surface area (Å²) < 4.78 is 4.70. The predicted molar refractivity (Wildman–Crippen MR) is 98.5 cm³/mol. The molecule has 3 amide bonds. The summed E-state index contributed by atoms with van der Waals surface area (Å²) in [7, 11) is 1.29. The van der Waals surface area contributed by atoms with Gasteiger partial charge < -0.3 is 4.74 Å². The van der Waals surface area contributed by atoms with Crippen molar-refractivity contribution >= 4 is 29.3 Å². The van der Waals surface area contributed by atoms with Crippen molar-refractivity contribution in [2.75, 3.05) is 23.5 Å². The summed E-state index contributed by atoms with van der Waals surface area (Å²) in [6.45, 7) is 4.09. The average molecular weight is 352 g/mol. The summed E-state index contributed by atoms with van der Waals surface area (Å²) in [6, 6.07) is 13.4. The Hall–Kier alpha value is -3.15. The van der Waals surface area contributed by atoms with Crippen LogP contribution in [0.3, 0.4) is 0 Å². The van der Waals surface area contributed by atoms with Crippen molar-refractivity contribution in [2.45, 2.75) is 19.8 Å². The molecule has 0 spiro atoms. The second-order valence-electron chi connectivity index (χ2n) is 6.39. The lowest BCUT2D eigenvalue weighted by atomic mass is 10.0. The maximum absolute atomic E-state index is 12.8. The van der Waals surface area contributed by atoms with E-state index in [9.17, 15) is 14.4 Å². The molecule has 0 unspecified atom stereocenters. The van der Waals surface area contributed by atoms with Gasteiger partial charge in [0.05, 0.1) is 18.4 Å². The second-order valence-corrected chi connectivity index (χ2v) is 6.39. The van der Waals surface area contributed by atoms with Gasteiger partial charge >= 0.3 is 12.0 Å². The molecule has 2 aromatic carbocycles. The number of imide groups is 1. The first kappa shape index (κ1) is 17.7. The van der Waals surface area contributed by atoms with Crippen LogP contribution < -0.4 is 9.80 Å². The van der Waals surface area contributed by atoms with Crippen molar-refractivity contribution in [1.29, 1.82) is 0 Å². The van der Waals surface area contributed by atoms with Crippen LogP contribution in [0.5, 0.6) is 0 Å². The number of ether oxygens (including phenoxy) is 1. The molecular formula is C20H20N2O4. The third kappa shape index (κ3) is 3.18. The summed E-state index contributed by atoms with van der Waals surface area (Å²) in [6.07, 6.45) is 0. The number of rotatable bonds is 4. The Morgan fingerprint density at radius 1 is 1.04 bits per heavy atom. The highest BCUT2D eigenvalue weighted by molar-refractivity contribution is 6.27. The van der Waals surface area contributed by atoms with Gasteiger partial charge in [-0.15, -0.1) is 0 Å². The molecule has 1 saturated heterocycles. The number of anilines is 2. The molecule has 26 heavy (non-hydrogen) atoms. The molecule has 0 aliphatic carbocycles. The van der Waals surface area contributed by atoms with Crippen molar-refractivity contribution in [3.8, 4) is 0 Å². The first-order valence-electron chi connectivity index (χ1n) is 8.35. The molecule has 1 aliphatic heterocycles. The number of carbonyl (C=O) groups is 3. The fraction of sp³-hybridized carbons (Fsp3) is 0.250. The molecule has 0 atom stereocenters. The van der Waals surface area contributed by atoms with Gasteiger partial charge in [-0.2, -0.15) is 0 Å². The van der Waals surface area contributed by atoms with E-state index in [1.165, 1.54) is 12.0 Å². The van der Waals surface area contributed by atoms with Gasteiger partial charge in [0.15, 0.2) is 0 Å². The molecule has 0 saturated carbocycles. The van der Waals surface area contributed by atoms with E-state index in [2.05, 4.69) is 13.8 Å². The molecule has 3 rings (SSSR count). The van der Waals surface area contributed by atoms with E-state index in [0.717, 1.165) is 10.5 Å².